The van der Waals surface area contributed by atoms with Crippen LogP contribution in [-0.4, -0.2) is 96.8 Å². The van der Waals surface area contributed by atoms with E-state index in [0.29, 0.717) is 76.3 Å². The van der Waals surface area contributed by atoms with Gasteiger partial charge in [-0.1, -0.05) is 36.4 Å². The molecule has 2 atom stereocenters. The zero-order valence-corrected chi connectivity index (χ0v) is 26.9. The van der Waals surface area contributed by atoms with Crippen LogP contribution >= 0.6 is 11.6 Å². The van der Waals surface area contributed by atoms with Gasteiger partial charge in [-0.25, -0.2) is 8.78 Å². The van der Waals surface area contributed by atoms with Crippen LogP contribution in [0.2, 0.25) is 5.02 Å². The van der Waals surface area contributed by atoms with E-state index in [0.717, 1.165) is 60.4 Å². The van der Waals surface area contributed by atoms with Gasteiger partial charge < -0.3 is 24.2 Å². The SMILES string of the molecule is C=C(F)C(=O)N1CCN(c2nc(OCC34CCCN3C(COC)CC4)nc3c2CCN(c2cccc4ccc(F)c(Cl)c24)C3)CC1. The van der Waals surface area contributed by atoms with E-state index in [9.17, 15) is 13.6 Å². The van der Waals surface area contributed by atoms with Crippen LogP contribution in [-0.2, 0) is 22.5 Å². The van der Waals surface area contributed by atoms with Gasteiger partial charge in [0.1, 0.15) is 18.2 Å². The second kappa shape index (κ2) is 12.6. The molecular weight excluding hydrogens is 614 g/mol. The number of nitrogens with zero attached hydrogens (tertiary/aromatic N) is 6. The van der Waals surface area contributed by atoms with Crippen molar-refractivity contribution in [1.29, 1.82) is 0 Å². The molecule has 4 aliphatic heterocycles. The highest BCUT2D eigenvalue weighted by Crippen LogP contribution is 2.43. The number of methoxy groups -OCH3 is 1. The van der Waals surface area contributed by atoms with Gasteiger partial charge in [-0.15, -0.1) is 0 Å². The molecule has 4 aliphatic rings. The van der Waals surface area contributed by atoms with Crippen LogP contribution in [0.4, 0.5) is 20.3 Å². The zero-order chi connectivity index (χ0) is 32.0. The molecule has 0 radical (unpaired) electrons. The summed E-state index contributed by atoms with van der Waals surface area (Å²) < 4.78 is 40.2. The van der Waals surface area contributed by atoms with Crippen molar-refractivity contribution in [1.82, 2.24) is 19.8 Å². The standard InChI is InChI=1S/C34H39ClF2N6O3/c1-22(36)32(44)41-17-15-40(16-18-41)31-25-10-14-42(28-6-3-5-23-7-8-26(37)30(35)29(23)28)19-27(25)38-33(39-31)46-21-34-11-4-13-43(34)24(9-12-34)20-45-2/h3,5-8,24H,1,4,9-21H2,2H3. The fourth-order valence-electron chi connectivity index (χ4n) is 7.95. The Morgan fingerprint density at radius 1 is 1.09 bits per heavy atom. The molecule has 3 fully saturated rings. The van der Waals surface area contributed by atoms with Crippen molar-refractivity contribution in [2.24, 2.45) is 0 Å². The van der Waals surface area contributed by atoms with Crippen molar-refractivity contribution in [3.05, 3.63) is 64.8 Å². The molecule has 244 valence electrons. The fourth-order valence-corrected chi connectivity index (χ4v) is 8.22. The summed E-state index contributed by atoms with van der Waals surface area (Å²) >= 11 is 6.51. The molecule has 12 heteroatoms. The number of piperazine rings is 1. The van der Waals surface area contributed by atoms with E-state index in [-0.39, 0.29) is 10.6 Å². The van der Waals surface area contributed by atoms with Crippen LogP contribution in [0.1, 0.15) is 36.9 Å². The number of hydrogen-bond acceptors (Lipinski definition) is 8. The van der Waals surface area contributed by atoms with Crippen LogP contribution in [0.15, 0.2) is 42.7 Å². The number of hydrogen-bond donors (Lipinski definition) is 0. The third-order valence-corrected chi connectivity index (χ3v) is 10.6. The summed E-state index contributed by atoms with van der Waals surface area (Å²) in [4.78, 5) is 30.6. The van der Waals surface area contributed by atoms with E-state index >= 15 is 0 Å². The summed E-state index contributed by atoms with van der Waals surface area (Å²) in [5.74, 6) is -1.28. The highest BCUT2D eigenvalue weighted by Gasteiger charge is 2.49. The lowest BCUT2D eigenvalue weighted by Gasteiger charge is -2.38. The van der Waals surface area contributed by atoms with Gasteiger partial charge in [0.15, 0.2) is 5.83 Å². The number of amides is 1. The maximum Gasteiger partial charge on any atom is 0.318 e. The van der Waals surface area contributed by atoms with Crippen LogP contribution in [0.3, 0.4) is 0 Å². The molecule has 0 spiro atoms. The minimum absolute atomic E-state index is 0.0564. The molecule has 5 heterocycles. The van der Waals surface area contributed by atoms with E-state index in [1.54, 1.807) is 13.2 Å². The molecule has 2 unspecified atom stereocenters. The topological polar surface area (TPSA) is 74.3 Å². The molecule has 0 saturated carbocycles. The number of ether oxygens (including phenoxy) is 2. The van der Waals surface area contributed by atoms with E-state index in [1.807, 2.05) is 18.2 Å². The number of carbonyl (C=O) groups is 1. The summed E-state index contributed by atoms with van der Waals surface area (Å²) in [6.45, 7) is 8.27. The van der Waals surface area contributed by atoms with E-state index in [2.05, 4.69) is 21.3 Å². The molecule has 7 rings (SSSR count). The second-order valence-electron chi connectivity index (χ2n) is 12.8. The molecule has 1 aromatic heterocycles. The van der Waals surface area contributed by atoms with Crippen molar-refractivity contribution >= 4 is 39.8 Å². The van der Waals surface area contributed by atoms with Gasteiger partial charge in [0.2, 0.25) is 0 Å². The Balaban J connectivity index is 1.20. The molecule has 1 amide bonds. The number of halogens is 3. The molecule has 46 heavy (non-hydrogen) atoms. The monoisotopic (exact) mass is 652 g/mol. The Bertz CT molecular complexity index is 1670. The highest BCUT2D eigenvalue weighted by molar-refractivity contribution is 6.36. The number of rotatable bonds is 8. The molecule has 3 aromatic rings. The van der Waals surface area contributed by atoms with Gasteiger partial charge in [0.25, 0.3) is 5.91 Å². The first-order valence-corrected chi connectivity index (χ1v) is 16.4. The molecule has 0 bridgehead atoms. The minimum atomic E-state index is -0.947. The van der Waals surface area contributed by atoms with Crippen molar-refractivity contribution in [2.75, 3.05) is 69.4 Å². The number of anilines is 2. The normalized spacial score (nSPS) is 23.1. The second-order valence-corrected chi connectivity index (χ2v) is 13.2. The minimum Gasteiger partial charge on any atom is -0.461 e. The maximum absolute atomic E-state index is 14.6. The molecule has 9 nitrogen and oxygen atoms in total. The van der Waals surface area contributed by atoms with Gasteiger partial charge in [0.05, 0.1) is 29.4 Å². The Labute approximate surface area is 272 Å². The first-order valence-electron chi connectivity index (χ1n) is 16.1. The van der Waals surface area contributed by atoms with Crippen LogP contribution < -0.4 is 14.5 Å². The average Bonchev–Trinajstić information content (AvgIpc) is 3.64. The third-order valence-electron chi connectivity index (χ3n) is 10.2. The van der Waals surface area contributed by atoms with Crippen molar-refractivity contribution in [3.63, 3.8) is 0 Å². The Morgan fingerprint density at radius 2 is 1.91 bits per heavy atom. The van der Waals surface area contributed by atoms with E-state index < -0.39 is 17.6 Å². The molecule has 3 saturated heterocycles. The van der Waals surface area contributed by atoms with Crippen LogP contribution in [0.5, 0.6) is 6.01 Å². The van der Waals surface area contributed by atoms with Gasteiger partial charge in [0, 0.05) is 62.5 Å². The molecule has 0 aliphatic carbocycles. The molecule has 0 N–H and O–H groups in total. The summed E-state index contributed by atoms with van der Waals surface area (Å²) in [5, 5.41) is 1.66. The van der Waals surface area contributed by atoms with Crippen LogP contribution in [0.25, 0.3) is 10.8 Å². The van der Waals surface area contributed by atoms with Gasteiger partial charge >= 0.3 is 6.01 Å². The number of aromatic nitrogens is 2. The van der Waals surface area contributed by atoms with E-state index in [1.165, 1.54) is 11.0 Å². The van der Waals surface area contributed by atoms with E-state index in [4.69, 9.17) is 31.0 Å². The van der Waals surface area contributed by atoms with Crippen molar-refractivity contribution in [2.45, 2.75) is 50.2 Å². The zero-order valence-electron chi connectivity index (χ0n) is 26.1. The fraction of sp³-hybridized carbons (Fsp3) is 0.500. The summed E-state index contributed by atoms with van der Waals surface area (Å²) in [6.07, 6.45) is 4.96. The number of carbonyl (C=O) groups excluding carboxylic acids is 1. The lowest BCUT2D eigenvalue weighted by atomic mass is 9.95. The van der Waals surface area contributed by atoms with Crippen molar-refractivity contribution in [3.8, 4) is 6.01 Å². The van der Waals surface area contributed by atoms with Crippen molar-refractivity contribution < 1.29 is 23.0 Å². The van der Waals surface area contributed by atoms with Gasteiger partial charge in [-0.05, 0) is 56.2 Å². The summed E-state index contributed by atoms with van der Waals surface area (Å²) in [7, 11) is 1.75. The smallest absolute Gasteiger partial charge is 0.318 e. The van der Waals surface area contributed by atoms with Crippen LogP contribution in [0, 0.1) is 5.82 Å². The largest absolute Gasteiger partial charge is 0.461 e. The lowest BCUT2D eigenvalue weighted by Crippen LogP contribution is -2.50. The summed E-state index contributed by atoms with van der Waals surface area (Å²) in [5.41, 5.74) is 2.66. The summed E-state index contributed by atoms with van der Waals surface area (Å²) in [6, 6.07) is 9.72. The predicted molar refractivity (Wildman–Crippen MR) is 174 cm³/mol. The Kier molecular flexibility index (Phi) is 8.50. The highest BCUT2D eigenvalue weighted by atomic mass is 35.5. The van der Waals surface area contributed by atoms with Gasteiger partial charge in [-0.3, -0.25) is 9.69 Å². The lowest BCUT2D eigenvalue weighted by molar-refractivity contribution is -0.128. The average molecular weight is 653 g/mol. The Morgan fingerprint density at radius 3 is 2.70 bits per heavy atom. The number of benzene rings is 2. The van der Waals surface area contributed by atoms with Gasteiger partial charge in [-0.2, -0.15) is 9.97 Å². The molecular formula is C34H39ClF2N6O3. The Hall–Kier alpha value is -3.54. The number of fused-ring (bicyclic) bond motifs is 3. The first kappa shape index (κ1) is 31.1. The maximum atomic E-state index is 14.6. The molecule has 2 aromatic carbocycles. The first-order chi connectivity index (χ1) is 22.3. The quantitative estimate of drug-likeness (QED) is 0.310. The third kappa shape index (κ3) is 5.56. The predicted octanol–water partition coefficient (Wildman–Crippen LogP) is 5.14.